The van der Waals surface area contributed by atoms with Gasteiger partial charge in [0.15, 0.2) is 6.61 Å². The molecule has 0 aliphatic rings. The van der Waals surface area contributed by atoms with E-state index in [-0.39, 0.29) is 18.6 Å². The van der Waals surface area contributed by atoms with Crippen LogP contribution in [0.3, 0.4) is 0 Å². The van der Waals surface area contributed by atoms with E-state index < -0.39 is 5.97 Å². The van der Waals surface area contributed by atoms with Crippen molar-refractivity contribution in [1.29, 1.82) is 0 Å². The van der Waals surface area contributed by atoms with Gasteiger partial charge >= 0.3 is 5.97 Å². The zero-order valence-electron chi connectivity index (χ0n) is 13.6. The number of rotatable bonds is 5. The number of carbonyl (C=O) groups excluding carboxylic acids is 2. The third-order valence-electron chi connectivity index (χ3n) is 3.75. The molecule has 0 radical (unpaired) electrons. The van der Waals surface area contributed by atoms with Gasteiger partial charge in [-0.15, -0.1) is 0 Å². The summed E-state index contributed by atoms with van der Waals surface area (Å²) in [4.78, 5) is 23.7. The largest absolute Gasteiger partial charge is 0.452 e. The van der Waals surface area contributed by atoms with Crippen molar-refractivity contribution in [2.24, 2.45) is 0 Å². The van der Waals surface area contributed by atoms with Crippen LogP contribution in [0.25, 0.3) is 0 Å². The molecule has 4 nitrogen and oxygen atoms in total. The smallest absolute Gasteiger partial charge is 0.338 e. The Hall–Kier alpha value is -2.62. The lowest BCUT2D eigenvalue weighted by Crippen LogP contribution is -2.31. The average molecular weight is 311 g/mol. The second-order valence-electron chi connectivity index (χ2n) is 5.58. The molecule has 0 fully saturated rings. The molecule has 1 amide bonds. The van der Waals surface area contributed by atoms with E-state index in [0.29, 0.717) is 5.56 Å². The molecule has 2 aromatic carbocycles. The molecule has 0 saturated carbocycles. The van der Waals surface area contributed by atoms with Crippen LogP contribution in [0, 0.1) is 13.8 Å². The Kier molecular flexibility index (Phi) is 5.52. The minimum Gasteiger partial charge on any atom is -0.452 e. The standard InChI is InChI=1S/C19H21NO3/c1-13-9-10-17(11-14(13)2)15(3)20-18(21)12-23-19(22)16-7-5-4-6-8-16/h4-11,15H,12H2,1-3H3,(H,20,21)/t15-/m0/s1. The molecular weight excluding hydrogens is 290 g/mol. The Morgan fingerprint density at radius 2 is 1.74 bits per heavy atom. The van der Waals surface area contributed by atoms with Gasteiger partial charge in [-0.2, -0.15) is 0 Å². The Bertz CT molecular complexity index is 695. The minimum atomic E-state index is -0.500. The van der Waals surface area contributed by atoms with Gasteiger partial charge in [0.25, 0.3) is 5.91 Å². The third kappa shape index (κ3) is 4.68. The monoisotopic (exact) mass is 311 g/mol. The van der Waals surface area contributed by atoms with E-state index in [0.717, 1.165) is 5.56 Å². The van der Waals surface area contributed by atoms with Gasteiger partial charge in [0, 0.05) is 0 Å². The number of hydrogen-bond donors (Lipinski definition) is 1. The van der Waals surface area contributed by atoms with Gasteiger partial charge in [-0.1, -0.05) is 36.4 Å². The van der Waals surface area contributed by atoms with Gasteiger partial charge in [0.1, 0.15) is 0 Å². The summed E-state index contributed by atoms with van der Waals surface area (Å²) < 4.78 is 5.02. The van der Waals surface area contributed by atoms with Crippen LogP contribution in [-0.4, -0.2) is 18.5 Å². The molecule has 0 saturated heterocycles. The van der Waals surface area contributed by atoms with E-state index in [9.17, 15) is 9.59 Å². The molecule has 0 aromatic heterocycles. The highest BCUT2D eigenvalue weighted by molar-refractivity contribution is 5.91. The Morgan fingerprint density at radius 3 is 2.39 bits per heavy atom. The van der Waals surface area contributed by atoms with Crippen LogP contribution in [0.2, 0.25) is 0 Å². The summed E-state index contributed by atoms with van der Waals surface area (Å²) in [5.41, 5.74) is 3.85. The van der Waals surface area contributed by atoms with Gasteiger partial charge in [-0.25, -0.2) is 4.79 Å². The molecule has 2 rings (SSSR count). The van der Waals surface area contributed by atoms with Crippen LogP contribution in [0.4, 0.5) is 0 Å². The van der Waals surface area contributed by atoms with Crippen molar-refractivity contribution in [3.63, 3.8) is 0 Å². The van der Waals surface area contributed by atoms with Gasteiger partial charge in [-0.3, -0.25) is 4.79 Å². The number of ether oxygens (including phenoxy) is 1. The predicted molar refractivity (Wildman–Crippen MR) is 89.2 cm³/mol. The van der Waals surface area contributed by atoms with Gasteiger partial charge in [-0.05, 0) is 49.6 Å². The fraction of sp³-hybridized carbons (Fsp3) is 0.263. The first-order valence-corrected chi connectivity index (χ1v) is 7.56. The number of aryl methyl sites for hydroxylation is 2. The normalized spacial score (nSPS) is 11.6. The highest BCUT2D eigenvalue weighted by Gasteiger charge is 2.13. The molecule has 0 aliphatic heterocycles. The molecule has 120 valence electrons. The lowest BCUT2D eigenvalue weighted by atomic mass is 10.0. The first kappa shape index (κ1) is 16.7. The third-order valence-corrected chi connectivity index (χ3v) is 3.75. The summed E-state index contributed by atoms with van der Waals surface area (Å²) in [6.07, 6.45) is 0. The fourth-order valence-corrected chi connectivity index (χ4v) is 2.19. The summed E-state index contributed by atoms with van der Waals surface area (Å²) in [5, 5.41) is 2.83. The van der Waals surface area contributed by atoms with E-state index in [4.69, 9.17) is 4.74 Å². The van der Waals surface area contributed by atoms with E-state index in [1.165, 1.54) is 11.1 Å². The maximum absolute atomic E-state index is 11.9. The maximum Gasteiger partial charge on any atom is 0.338 e. The molecule has 0 bridgehead atoms. The second kappa shape index (κ2) is 7.58. The van der Waals surface area contributed by atoms with E-state index in [1.807, 2.05) is 39.0 Å². The van der Waals surface area contributed by atoms with Crippen LogP contribution in [-0.2, 0) is 9.53 Å². The molecule has 2 aromatic rings. The Labute approximate surface area is 136 Å². The summed E-state index contributed by atoms with van der Waals surface area (Å²) in [5.74, 6) is -0.820. The fourth-order valence-electron chi connectivity index (χ4n) is 2.19. The highest BCUT2D eigenvalue weighted by Crippen LogP contribution is 2.16. The quantitative estimate of drug-likeness (QED) is 0.862. The number of amides is 1. The van der Waals surface area contributed by atoms with Crippen LogP contribution >= 0.6 is 0 Å². The van der Waals surface area contributed by atoms with Crippen molar-refractivity contribution >= 4 is 11.9 Å². The van der Waals surface area contributed by atoms with Crippen molar-refractivity contribution < 1.29 is 14.3 Å². The lowest BCUT2D eigenvalue weighted by Gasteiger charge is -2.15. The van der Waals surface area contributed by atoms with Gasteiger partial charge in [0.2, 0.25) is 0 Å². The van der Waals surface area contributed by atoms with Crippen LogP contribution < -0.4 is 5.32 Å². The number of benzene rings is 2. The summed E-state index contributed by atoms with van der Waals surface area (Å²) >= 11 is 0. The summed E-state index contributed by atoms with van der Waals surface area (Å²) in [6, 6.07) is 14.5. The first-order chi connectivity index (χ1) is 11.0. The molecule has 1 atom stereocenters. The highest BCUT2D eigenvalue weighted by atomic mass is 16.5. The summed E-state index contributed by atoms with van der Waals surface area (Å²) in [6.45, 7) is 5.70. The molecule has 23 heavy (non-hydrogen) atoms. The molecule has 0 unspecified atom stereocenters. The number of hydrogen-bond acceptors (Lipinski definition) is 3. The second-order valence-corrected chi connectivity index (χ2v) is 5.58. The zero-order valence-corrected chi connectivity index (χ0v) is 13.6. The zero-order chi connectivity index (χ0) is 16.8. The van der Waals surface area contributed by atoms with Crippen LogP contribution in [0.5, 0.6) is 0 Å². The molecule has 1 N–H and O–H groups in total. The van der Waals surface area contributed by atoms with Crippen molar-refractivity contribution in [3.8, 4) is 0 Å². The van der Waals surface area contributed by atoms with Crippen molar-refractivity contribution in [3.05, 3.63) is 70.8 Å². The average Bonchev–Trinajstić information content (AvgIpc) is 2.55. The maximum atomic E-state index is 11.9. The minimum absolute atomic E-state index is 0.141. The Balaban J connectivity index is 1.87. The molecular formula is C19H21NO3. The van der Waals surface area contributed by atoms with E-state index in [2.05, 4.69) is 11.4 Å². The van der Waals surface area contributed by atoms with Crippen LogP contribution in [0.15, 0.2) is 48.5 Å². The number of nitrogens with one attached hydrogen (secondary N) is 1. The lowest BCUT2D eigenvalue weighted by molar-refractivity contribution is -0.124. The van der Waals surface area contributed by atoms with Gasteiger partial charge < -0.3 is 10.1 Å². The molecule has 0 aliphatic carbocycles. The SMILES string of the molecule is Cc1ccc([C@H](C)NC(=O)COC(=O)c2ccccc2)cc1C. The van der Waals surface area contributed by atoms with Crippen molar-refractivity contribution in [2.75, 3.05) is 6.61 Å². The topological polar surface area (TPSA) is 55.4 Å². The Morgan fingerprint density at radius 1 is 1.04 bits per heavy atom. The summed E-state index contributed by atoms with van der Waals surface area (Å²) in [7, 11) is 0. The van der Waals surface area contributed by atoms with Crippen molar-refractivity contribution in [2.45, 2.75) is 26.8 Å². The molecule has 0 spiro atoms. The first-order valence-electron chi connectivity index (χ1n) is 7.56. The van der Waals surface area contributed by atoms with Crippen molar-refractivity contribution in [1.82, 2.24) is 5.32 Å². The van der Waals surface area contributed by atoms with Crippen LogP contribution in [0.1, 0.15) is 40.0 Å². The molecule has 4 heteroatoms. The van der Waals surface area contributed by atoms with Gasteiger partial charge in [0.05, 0.1) is 11.6 Å². The van der Waals surface area contributed by atoms with E-state index >= 15 is 0 Å². The number of carbonyl (C=O) groups is 2. The molecule has 0 heterocycles. The number of esters is 1. The predicted octanol–water partition coefficient (Wildman–Crippen LogP) is 3.34. The van der Waals surface area contributed by atoms with E-state index in [1.54, 1.807) is 24.3 Å².